The summed E-state index contributed by atoms with van der Waals surface area (Å²) in [5.74, 6) is 0.228. The molecular weight excluding hydrogens is 641 g/mol. The van der Waals surface area contributed by atoms with Gasteiger partial charge in [0.15, 0.2) is 0 Å². The maximum absolute atomic E-state index is 13.8. The summed E-state index contributed by atoms with van der Waals surface area (Å²) in [4.78, 5) is 20.4. The lowest BCUT2D eigenvalue weighted by Crippen LogP contribution is -2.47. The summed E-state index contributed by atoms with van der Waals surface area (Å²) in [5, 5.41) is 0.0185. The van der Waals surface area contributed by atoms with Crippen LogP contribution in [-0.4, -0.2) is 79.0 Å². The van der Waals surface area contributed by atoms with Crippen molar-refractivity contribution in [3.8, 4) is 0 Å². The minimum atomic E-state index is -4.06. The zero-order valence-electron chi connectivity index (χ0n) is 22.1. The Bertz CT molecular complexity index is 1490. The van der Waals surface area contributed by atoms with Crippen molar-refractivity contribution in [3.05, 3.63) is 56.7 Å². The van der Waals surface area contributed by atoms with Crippen molar-refractivity contribution in [3.63, 3.8) is 0 Å². The largest absolute Gasteiger partial charge is 0.385 e. The molecule has 13 heteroatoms. The van der Waals surface area contributed by atoms with E-state index in [2.05, 4.69) is 26.6 Å². The minimum absolute atomic E-state index is 0.00796. The monoisotopic (exact) mass is 671 g/mol. The fraction of sp³-hybridized carbons (Fsp3) is 0.481. The lowest BCUT2D eigenvalue weighted by molar-refractivity contribution is -0.136. The fourth-order valence-electron chi connectivity index (χ4n) is 5.78. The molecule has 0 bridgehead atoms. The van der Waals surface area contributed by atoms with E-state index in [0.29, 0.717) is 24.2 Å². The number of halogens is 3. The van der Waals surface area contributed by atoms with Crippen LogP contribution in [0.25, 0.3) is 11.0 Å². The summed E-state index contributed by atoms with van der Waals surface area (Å²) in [5.41, 5.74) is 8.39. The molecule has 2 aliphatic heterocycles. The molecule has 0 unspecified atom stereocenters. The molecule has 2 aromatic carbocycles. The number of aryl methyl sites for hydroxylation is 1. The van der Waals surface area contributed by atoms with Crippen LogP contribution in [0.15, 0.2) is 45.8 Å². The molecule has 0 spiro atoms. The number of carbonyl (C=O) groups excluding carboxylic acids is 1. The van der Waals surface area contributed by atoms with Gasteiger partial charge < -0.3 is 19.9 Å². The van der Waals surface area contributed by atoms with Gasteiger partial charge in [-0.1, -0.05) is 51.3 Å². The van der Waals surface area contributed by atoms with Gasteiger partial charge in [0, 0.05) is 62.9 Å². The van der Waals surface area contributed by atoms with Gasteiger partial charge in [-0.05, 0) is 43.5 Å². The van der Waals surface area contributed by atoms with E-state index in [1.165, 1.54) is 16.4 Å². The van der Waals surface area contributed by atoms with Crippen LogP contribution < -0.4 is 5.73 Å². The maximum atomic E-state index is 13.8. The second-order valence-electron chi connectivity index (χ2n) is 10.4. The number of nitrogens with zero attached hydrogens (tertiary/aromatic N) is 4. The highest BCUT2D eigenvalue weighted by molar-refractivity contribution is 9.10. The smallest absolute Gasteiger partial charge is 0.246 e. The molecule has 2 saturated heterocycles. The average molecular weight is 673 g/mol. The number of imidazole rings is 1. The Hall–Kier alpha value is -1.73. The highest BCUT2D eigenvalue weighted by Crippen LogP contribution is 2.37. The highest BCUT2D eigenvalue weighted by atomic mass is 79.9. The number of sulfonamides is 1. The van der Waals surface area contributed by atoms with Crippen molar-refractivity contribution < 1.29 is 17.9 Å². The first-order valence-corrected chi connectivity index (χ1v) is 16.2. The minimum Gasteiger partial charge on any atom is -0.385 e. The number of benzene rings is 2. The standard InChI is InChI=1S/C27H32BrCl2N5O4S/c1-39-11-5-10-35-24-8-3-2-7-23(24)32-26(35)17-6-4-9-33(14-17)27(36)19-15-34(16-22(19)31)40(37,38)25-20(29)12-18(28)13-21(25)30/h2-3,7-8,12-13,17,19,22H,4-6,9-11,14-16,31H2,1H3/t17-,19-,22-/m1/s1. The number of carbonyl (C=O) groups is 1. The fourth-order valence-corrected chi connectivity index (χ4v) is 9.17. The molecule has 0 saturated carbocycles. The van der Waals surface area contributed by atoms with E-state index in [-0.39, 0.29) is 39.9 Å². The summed E-state index contributed by atoms with van der Waals surface area (Å²) < 4.78 is 36.3. The number of nitrogens with two attached hydrogens (primary N) is 1. The third-order valence-electron chi connectivity index (χ3n) is 7.72. The lowest BCUT2D eigenvalue weighted by Gasteiger charge is -2.35. The first-order chi connectivity index (χ1) is 19.1. The molecule has 0 radical (unpaired) electrons. The van der Waals surface area contributed by atoms with Crippen molar-refractivity contribution >= 4 is 66.1 Å². The Morgan fingerprint density at radius 2 is 1.90 bits per heavy atom. The van der Waals surface area contributed by atoms with E-state index >= 15 is 0 Å². The van der Waals surface area contributed by atoms with Gasteiger partial charge in [-0.3, -0.25) is 4.79 Å². The number of likely N-dealkylation sites (tertiary alicyclic amines) is 1. The Morgan fingerprint density at radius 3 is 2.62 bits per heavy atom. The number of hydrogen-bond acceptors (Lipinski definition) is 6. The number of piperidine rings is 1. The third kappa shape index (κ3) is 5.79. The van der Waals surface area contributed by atoms with E-state index < -0.39 is 22.0 Å². The van der Waals surface area contributed by atoms with Crippen LogP contribution in [0.2, 0.25) is 10.0 Å². The molecule has 3 heterocycles. The summed E-state index contributed by atoms with van der Waals surface area (Å²) in [6, 6.07) is 10.4. The quantitative estimate of drug-likeness (QED) is 0.353. The molecule has 2 N–H and O–H groups in total. The van der Waals surface area contributed by atoms with Gasteiger partial charge in [0.25, 0.3) is 0 Å². The molecule has 0 aliphatic carbocycles. The van der Waals surface area contributed by atoms with E-state index in [0.717, 1.165) is 42.7 Å². The molecule has 3 aromatic rings. The number of rotatable bonds is 8. The molecular formula is C27H32BrCl2N5O4S. The van der Waals surface area contributed by atoms with Crippen molar-refractivity contribution in [1.82, 2.24) is 18.8 Å². The molecule has 5 rings (SSSR count). The molecule has 216 valence electrons. The normalized spacial score (nSPS) is 22.3. The average Bonchev–Trinajstić information content (AvgIpc) is 3.49. The van der Waals surface area contributed by atoms with E-state index in [4.69, 9.17) is 38.7 Å². The predicted molar refractivity (Wildman–Crippen MR) is 159 cm³/mol. The van der Waals surface area contributed by atoms with Crippen molar-refractivity contribution in [2.24, 2.45) is 11.7 Å². The van der Waals surface area contributed by atoms with Gasteiger partial charge in [0.1, 0.15) is 10.7 Å². The van der Waals surface area contributed by atoms with Gasteiger partial charge in [0.05, 0.1) is 27.0 Å². The Morgan fingerprint density at radius 1 is 1.18 bits per heavy atom. The van der Waals surface area contributed by atoms with Crippen LogP contribution >= 0.6 is 39.1 Å². The summed E-state index contributed by atoms with van der Waals surface area (Å²) in [6.45, 7) is 2.51. The van der Waals surface area contributed by atoms with Crippen molar-refractivity contribution in [1.29, 1.82) is 0 Å². The Balaban J connectivity index is 1.34. The number of para-hydroxylation sites is 2. The topological polar surface area (TPSA) is 111 Å². The van der Waals surface area contributed by atoms with Crippen LogP contribution in [0.3, 0.4) is 0 Å². The van der Waals surface area contributed by atoms with Gasteiger partial charge >= 0.3 is 0 Å². The highest BCUT2D eigenvalue weighted by Gasteiger charge is 2.44. The number of aromatic nitrogens is 2. The van der Waals surface area contributed by atoms with Crippen LogP contribution in [0, 0.1) is 5.92 Å². The Kier molecular flexibility index (Phi) is 9.11. The van der Waals surface area contributed by atoms with Crippen molar-refractivity contribution in [2.45, 2.75) is 42.7 Å². The van der Waals surface area contributed by atoms with Crippen molar-refractivity contribution in [2.75, 3.05) is 39.9 Å². The summed E-state index contributed by atoms with van der Waals surface area (Å²) in [6.07, 6.45) is 2.59. The van der Waals surface area contributed by atoms with Crippen LogP contribution in [0.1, 0.15) is 31.0 Å². The van der Waals surface area contributed by atoms with E-state index in [1.807, 2.05) is 23.1 Å². The van der Waals surface area contributed by atoms with E-state index in [9.17, 15) is 13.2 Å². The van der Waals surface area contributed by atoms with Gasteiger partial charge in [0.2, 0.25) is 15.9 Å². The first-order valence-electron chi connectivity index (χ1n) is 13.2. The SMILES string of the molecule is COCCCn1c([C@@H]2CCCN(C(=O)[C@@H]3CN(S(=O)(=O)c4c(Cl)cc(Br)cc4Cl)C[C@H]3N)C2)nc2ccccc21. The second kappa shape index (κ2) is 12.2. The van der Waals surface area contributed by atoms with Crippen LogP contribution in [0.5, 0.6) is 0 Å². The van der Waals surface area contributed by atoms with Crippen LogP contribution in [-0.2, 0) is 26.1 Å². The van der Waals surface area contributed by atoms with Crippen LogP contribution in [0.4, 0.5) is 0 Å². The van der Waals surface area contributed by atoms with E-state index in [1.54, 1.807) is 7.11 Å². The zero-order valence-corrected chi connectivity index (χ0v) is 26.0. The Labute approximate surface area is 252 Å². The van der Waals surface area contributed by atoms with Gasteiger partial charge in [-0.15, -0.1) is 0 Å². The summed E-state index contributed by atoms with van der Waals surface area (Å²) >= 11 is 15.8. The number of hydrogen-bond donors (Lipinski definition) is 1. The first kappa shape index (κ1) is 29.8. The molecule has 1 amide bonds. The number of amides is 1. The number of fused-ring (bicyclic) bond motifs is 1. The maximum Gasteiger partial charge on any atom is 0.246 e. The second-order valence-corrected chi connectivity index (χ2v) is 14.0. The van der Waals surface area contributed by atoms with Gasteiger partial charge in [-0.25, -0.2) is 13.4 Å². The lowest BCUT2D eigenvalue weighted by atomic mass is 9.94. The zero-order chi connectivity index (χ0) is 28.6. The number of methoxy groups -OCH3 is 1. The van der Waals surface area contributed by atoms with Gasteiger partial charge in [-0.2, -0.15) is 4.31 Å². The molecule has 2 fully saturated rings. The predicted octanol–water partition coefficient (Wildman–Crippen LogP) is 4.50. The molecule has 9 nitrogen and oxygen atoms in total. The molecule has 3 atom stereocenters. The molecule has 40 heavy (non-hydrogen) atoms. The summed E-state index contributed by atoms with van der Waals surface area (Å²) in [7, 11) is -2.36. The molecule has 1 aromatic heterocycles. The number of ether oxygens (including phenoxy) is 1. The third-order valence-corrected chi connectivity index (χ3v) is 10.9. The molecule has 2 aliphatic rings.